The highest BCUT2D eigenvalue weighted by Crippen LogP contribution is 2.26. The Bertz CT molecular complexity index is 498. The topological polar surface area (TPSA) is 72.2 Å². The zero-order valence-corrected chi connectivity index (χ0v) is 10.2. The van der Waals surface area contributed by atoms with E-state index in [4.69, 9.17) is 17.3 Å². The van der Waals surface area contributed by atoms with Gasteiger partial charge in [-0.05, 0) is 30.5 Å². The molecule has 2 rings (SSSR count). The molecule has 4 nitrogen and oxygen atoms in total. The van der Waals surface area contributed by atoms with Crippen LogP contribution in [0.15, 0.2) is 23.1 Å². The maximum Gasteiger partial charge on any atom is 0.242 e. The van der Waals surface area contributed by atoms with E-state index in [2.05, 4.69) is 4.72 Å². The van der Waals surface area contributed by atoms with Gasteiger partial charge in [-0.15, -0.1) is 0 Å². The minimum Gasteiger partial charge on any atom is -0.326 e. The second kappa shape index (κ2) is 4.33. The molecular formula is C10H13ClN2O2S. The van der Waals surface area contributed by atoms with Crippen molar-refractivity contribution in [1.29, 1.82) is 0 Å². The van der Waals surface area contributed by atoms with Gasteiger partial charge in [0.1, 0.15) is 4.90 Å². The van der Waals surface area contributed by atoms with E-state index in [0.29, 0.717) is 6.54 Å². The largest absolute Gasteiger partial charge is 0.326 e. The molecule has 16 heavy (non-hydrogen) atoms. The Morgan fingerprint density at radius 2 is 2.12 bits per heavy atom. The number of benzene rings is 1. The average molecular weight is 261 g/mol. The van der Waals surface area contributed by atoms with Crippen molar-refractivity contribution in [3.05, 3.63) is 28.8 Å². The van der Waals surface area contributed by atoms with Gasteiger partial charge in [-0.3, -0.25) is 0 Å². The van der Waals surface area contributed by atoms with Crippen molar-refractivity contribution in [1.82, 2.24) is 4.72 Å². The summed E-state index contributed by atoms with van der Waals surface area (Å²) >= 11 is 5.92. The van der Waals surface area contributed by atoms with Crippen LogP contribution in [0.2, 0.25) is 5.02 Å². The van der Waals surface area contributed by atoms with Crippen LogP contribution in [0.1, 0.15) is 18.4 Å². The van der Waals surface area contributed by atoms with E-state index in [0.717, 1.165) is 18.4 Å². The summed E-state index contributed by atoms with van der Waals surface area (Å²) in [5.74, 6) is 0. The molecular weight excluding hydrogens is 248 g/mol. The summed E-state index contributed by atoms with van der Waals surface area (Å²) in [6, 6.07) is 4.83. The van der Waals surface area contributed by atoms with Crippen LogP contribution in [-0.4, -0.2) is 14.5 Å². The van der Waals surface area contributed by atoms with Crippen LogP contribution in [0.3, 0.4) is 0 Å². The van der Waals surface area contributed by atoms with Gasteiger partial charge in [-0.1, -0.05) is 17.7 Å². The van der Waals surface area contributed by atoms with Crippen LogP contribution in [-0.2, 0) is 16.6 Å². The standard InChI is InChI=1S/C10H13ClN2O2S/c11-9-5-7(6-12)1-4-10(9)16(14,15)13-8-2-3-8/h1,4-5,8,13H,2-3,6,12H2. The van der Waals surface area contributed by atoms with Gasteiger partial charge in [-0.2, -0.15) is 0 Å². The van der Waals surface area contributed by atoms with Gasteiger partial charge >= 0.3 is 0 Å². The third-order valence-corrected chi connectivity index (χ3v) is 4.42. The predicted octanol–water partition coefficient (Wildman–Crippen LogP) is 1.24. The van der Waals surface area contributed by atoms with Crippen molar-refractivity contribution >= 4 is 21.6 Å². The molecule has 0 bridgehead atoms. The van der Waals surface area contributed by atoms with E-state index in [1.54, 1.807) is 12.1 Å². The molecule has 0 heterocycles. The molecule has 0 aromatic heterocycles. The number of sulfonamides is 1. The molecule has 1 fully saturated rings. The van der Waals surface area contributed by atoms with E-state index in [1.165, 1.54) is 6.07 Å². The van der Waals surface area contributed by atoms with Crippen LogP contribution in [0.5, 0.6) is 0 Å². The Morgan fingerprint density at radius 3 is 2.62 bits per heavy atom. The lowest BCUT2D eigenvalue weighted by Crippen LogP contribution is -2.26. The Morgan fingerprint density at radius 1 is 1.44 bits per heavy atom. The smallest absolute Gasteiger partial charge is 0.242 e. The highest BCUT2D eigenvalue weighted by molar-refractivity contribution is 7.89. The molecule has 0 spiro atoms. The number of nitrogens with two attached hydrogens (primary N) is 1. The van der Waals surface area contributed by atoms with Crippen LogP contribution in [0.4, 0.5) is 0 Å². The summed E-state index contributed by atoms with van der Waals surface area (Å²) in [4.78, 5) is 0.123. The van der Waals surface area contributed by atoms with Crippen molar-refractivity contribution < 1.29 is 8.42 Å². The first-order valence-electron chi connectivity index (χ1n) is 5.04. The van der Waals surface area contributed by atoms with Crippen LogP contribution in [0.25, 0.3) is 0 Å². The number of halogens is 1. The van der Waals surface area contributed by atoms with E-state index in [1.807, 2.05) is 0 Å². The maximum atomic E-state index is 11.9. The molecule has 1 saturated carbocycles. The van der Waals surface area contributed by atoms with Crippen molar-refractivity contribution in [2.45, 2.75) is 30.3 Å². The van der Waals surface area contributed by atoms with Crippen LogP contribution < -0.4 is 10.5 Å². The summed E-state index contributed by atoms with van der Waals surface area (Å²) < 4.78 is 26.3. The van der Waals surface area contributed by atoms with Gasteiger partial charge < -0.3 is 5.73 Å². The predicted molar refractivity (Wildman–Crippen MR) is 62.7 cm³/mol. The first kappa shape index (κ1) is 11.9. The minimum atomic E-state index is -3.48. The summed E-state index contributed by atoms with van der Waals surface area (Å²) in [6.07, 6.45) is 1.80. The first-order chi connectivity index (χ1) is 7.53. The molecule has 1 aliphatic carbocycles. The van der Waals surface area contributed by atoms with E-state index in [-0.39, 0.29) is 16.0 Å². The monoisotopic (exact) mass is 260 g/mol. The number of hydrogen-bond donors (Lipinski definition) is 2. The van der Waals surface area contributed by atoms with Gasteiger partial charge in [0, 0.05) is 12.6 Å². The normalized spacial score (nSPS) is 16.4. The van der Waals surface area contributed by atoms with Gasteiger partial charge in [0.2, 0.25) is 10.0 Å². The number of nitrogens with one attached hydrogen (secondary N) is 1. The highest BCUT2D eigenvalue weighted by atomic mass is 35.5. The molecule has 1 aliphatic rings. The van der Waals surface area contributed by atoms with Gasteiger partial charge in [0.05, 0.1) is 5.02 Å². The lowest BCUT2D eigenvalue weighted by molar-refractivity contribution is 0.581. The number of hydrogen-bond acceptors (Lipinski definition) is 3. The number of rotatable bonds is 4. The molecule has 0 amide bonds. The Balaban J connectivity index is 2.31. The molecule has 1 aromatic rings. The molecule has 0 atom stereocenters. The third-order valence-electron chi connectivity index (χ3n) is 2.42. The van der Waals surface area contributed by atoms with Gasteiger partial charge in [0.15, 0.2) is 0 Å². The fourth-order valence-electron chi connectivity index (χ4n) is 1.37. The van der Waals surface area contributed by atoms with Gasteiger partial charge in [0.25, 0.3) is 0 Å². The second-order valence-electron chi connectivity index (χ2n) is 3.86. The Hall–Kier alpha value is -0.620. The van der Waals surface area contributed by atoms with E-state index in [9.17, 15) is 8.42 Å². The fraction of sp³-hybridized carbons (Fsp3) is 0.400. The molecule has 0 unspecified atom stereocenters. The molecule has 88 valence electrons. The highest BCUT2D eigenvalue weighted by Gasteiger charge is 2.29. The van der Waals surface area contributed by atoms with Gasteiger partial charge in [-0.25, -0.2) is 13.1 Å². The quantitative estimate of drug-likeness (QED) is 0.856. The Kier molecular flexibility index (Phi) is 3.21. The molecule has 0 saturated heterocycles. The molecule has 6 heteroatoms. The Labute approximate surface area is 99.8 Å². The average Bonchev–Trinajstić information content (AvgIpc) is 3.00. The van der Waals surface area contributed by atoms with Crippen molar-refractivity contribution in [2.75, 3.05) is 0 Å². The summed E-state index contributed by atoms with van der Waals surface area (Å²) in [5, 5.41) is 0.219. The van der Waals surface area contributed by atoms with Crippen molar-refractivity contribution in [3.63, 3.8) is 0 Å². The van der Waals surface area contributed by atoms with Crippen LogP contribution in [0, 0.1) is 0 Å². The molecule has 0 radical (unpaired) electrons. The van der Waals surface area contributed by atoms with Crippen LogP contribution >= 0.6 is 11.6 Å². The minimum absolute atomic E-state index is 0.0789. The van der Waals surface area contributed by atoms with E-state index < -0.39 is 10.0 Å². The SMILES string of the molecule is NCc1ccc(S(=O)(=O)NC2CC2)c(Cl)c1. The summed E-state index contributed by atoms with van der Waals surface area (Å²) in [7, 11) is -3.48. The maximum absolute atomic E-state index is 11.9. The molecule has 0 aliphatic heterocycles. The second-order valence-corrected chi connectivity index (χ2v) is 5.95. The third kappa shape index (κ3) is 2.55. The fourth-order valence-corrected chi connectivity index (χ4v) is 3.25. The lowest BCUT2D eigenvalue weighted by Gasteiger charge is -2.08. The molecule has 1 aromatic carbocycles. The van der Waals surface area contributed by atoms with Crippen molar-refractivity contribution in [3.8, 4) is 0 Å². The zero-order valence-electron chi connectivity index (χ0n) is 8.61. The van der Waals surface area contributed by atoms with Crippen molar-refractivity contribution in [2.24, 2.45) is 5.73 Å². The first-order valence-corrected chi connectivity index (χ1v) is 6.90. The lowest BCUT2D eigenvalue weighted by atomic mass is 10.2. The van der Waals surface area contributed by atoms with E-state index >= 15 is 0 Å². The zero-order chi connectivity index (χ0) is 11.8. The summed E-state index contributed by atoms with van der Waals surface area (Å²) in [6.45, 7) is 0.343. The summed E-state index contributed by atoms with van der Waals surface area (Å²) in [5.41, 5.74) is 6.26. The molecule has 3 N–H and O–H groups in total.